The van der Waals surface area contributed by atoms with Crippen LogP contribution in [0.3, 0.4) is 0 Å². The van der Waals surface area contributed by atoms with E-state index < -0.39 is 0 Å². The van der Waals surface area contributed by atoms with Gasteiger partial charge in [0.15, 0.2) is 0 Å². The second-order valence-electron chi connectivity index (χ2n) is 4.16. The second kappa shape index (κ2) is 7.04. The molecule has 0 aliphatic rings. The number of carbonyl (C=O) groups excluding carboxylic acids is 1. The first kappa shape index (κ1) is 12.7. The molecule has 3 N–H and O–H groups in total. The van der Waals surface area contributed by atoms with E-state index >= 15 is 0 Å². The molecule has 0 saturated heterocycles. The van der Waals surface area contributed by atoms with Crippen LogP contribution in [-0.2, 0) is 17.6 Å². The Bertz CT molecular complexity index is 320. The van der Waals surface area contributed by atoms with Crippen LogP contribution in [0.2, 0.25) is 0 Å². The zero-order valence-electron chi connectivity index (χ0n) is 9.96. The number of aryl methyl sites for hydroxylation is 1. The number of rotatable bonds is 8. The van der Waals surface area contributed by atoms with Gasteiger partial charge in [0.05, 0.1) is 6.42 Å². The molecule has 0 aromatic carbocycles. The summed E-state index contributed by atoms with van der Waals surface area (Å²) < 4.78 is 0. The molecule has 0 spiro atoms. The molecule has 0 radical (unpaired) electrons. The first-order chi connectivity index (χ1) is 7.72. The van der Waals surface area contributed by atoms with Crippen molar-refractivity contribution in [3.63, 3.8) is 0 Å². The fraction of sp³-hybridized carbons (Fsp3) is 0.667. The molecule has 0 fully saturated rings. The van der Waals surface area contributed by atoms with Gasteiger partial charge in [-0.3, -0.25) is 4.79 Å². The van der Waals surface area contributed by atoms with Crippen molar-refractivity contribution in [2.45, 2.75) is 51.9 Å². The third-order valence-corrected chi connectivity index (χ3v) is 2.56. The molecule has 16 heavy (non-hydrogen) atoms. The number of nitrogens with two attached hydrogens (primary N) is 1. The highest BCUT2D eigenvalue weighted by Crippen LogP contribution is 2.07. The van der Waals surface area contributed by atoms with E-state index in [2.05, 4.69) is 16.9 Å². The molecule has 4 nitrogen and oxygen atoms in total. The molecular weight excluding hydrogens is 202 g/mol. The molecule has 1 rings (SSSR count). The van der Waals surface area contributed by atoms with Crippen molar-refractivity contribution in [2.24, 2.45) is 5.73 Å². The highest BCUT2D eigenvalue weighted by molar-refractivity contribution is 5.75. The Morgan fingerprint density at radius 1 is 1.38 bits per heavy atom. The van der Waals surface area contributed by atoms with Gasteiger partial charge in [0.1, 0.15) is 5.82 Å². The van der Waals surface area contributed by atoms with E-state index in [0.29, 0.717) is 0 Å². The topological polar surface area (TPSA) is 71.8 Å². The van der Waals surface area contributed by atoms with Crippen molar-refractivity contribution in [3.8, 4) is 0 Å². The minimum absolute atomic E-state index is 0.253. The summed E-state index contributed by atoms with van der Waals surface area (Å²) in [6.07, 6.45) is 9.20. The Labute approximate surface area is 96.6 Å². The van der Waals surface area contributed by atoms with Gasteiger partial charge in [-0.1, -0.05) is 32.6 Å². The van der Waals surface area contributed by atoms with Crippen LogP contribution in [0, 0.1) is 0 Å². The molecule has 0 atom stereocenters. The summed E-state index contributed by atoms with van der Waals surface area (Å²) in [5, 5.41) is 0. The number of imidazole rings is 1. The first-order valence-corrected chi connectivity index (χ1v) is 6.03. The number of amides is 1. The van der Waals surface area contributed by atoms with Crippen molar-refractivity contribution in [2.75, 3.05) is 0 Å². The second-order valence-corrected chi connectivity index (χ2v) is 4.16. The normalized spacial score (nSPS) is 10.6. The SMILES string of the molecule is CCCCCCCc1ncc(CC(N)=O)[nH]1. The third kappa shape index (κ3) is 4.96. The lowest BCUT2D eigenvalue weighted by Gasteiger charge is -1.98. The number of nitrogens with one attached hydrogen (secondary N) is 1. The smallest absolute Gasteiger partial charge is 0.223 e. The van der Waals surface area contributed by atoms with E-state index in [9.17, 15) is 4.79 Å². The third-order valence-electron chi connectivity index (χ3n) is 2.56. The van der Waals surface area contributed by atoms with E-state index in [0.717, 1.165) is 24.4 Å². The lowest BCUT2D eigenvalue weighted by molar-refractivity contribution is -0.117. The highest BCUT2D eigenvalue weighted by Gasteiger charge is 2.03. The molecule has 1 aromatic rings. The number of hydrogen-bond donors (Lipinski definition) is 2. The summed E-state index contributed by atoms with van der Waals surface area (Å²) >= 11 is 0. The molecule has 0 unspecified atom stereocenters. The maximum atomic E-state index is 10.7. The van der Waals surface area contributed by atoms with Crippen LogP contribution in [0.15, 0.2) is 6.20 Å². The molecule has 1 heterocycles. The zero-order chi connectivity index (χ0) is 11.8. The average Bonchev–Trinajstić information content (AvgIpc) is 2.64. The first-order valence-electron chi connectivity index (χ1n) is 6.03. The summed E-state index contributed by atoms with van der Waals surface area (Å²) in [5.74, 6) is 0.644. The van der Waals surface area contributed by atoms with Crippen LogP contribution >= 0.6 is 0 Å². The van der Waals surface area contributed by atoms with E-state index in [4.69, 9.17) is 5.73 Å². The predicted octanol–water partition coefficient (Wildman–Crippen LogP) is 1.95. The van der Waals surface area contributed by atoms with E-state index in [1.54, 1.807) is 6.20 Å². The van der Waals surface area contributed by atoms with Gasteiger partial charge in [-0.2, -0.15) is 0 Å². The summed E-state index contributed by atoms with van der Waals surface area (Å²) in [5.41, 5.74) is 5.92. The van der Waals surface area contributed by atoms with Crippen LogP contribution in [0.1, 0.15) is 50.5 Å². The van der Waals surface area contributed by atoms with Gasteiger partial charge >= 0.3 is 0 Å². The fourth-order valence-electron chi connectivity index (χ4n) is 1.71. The van der Waals surface area contributed by atoms with Gasteiger partial charge in [-0.25, -0.2) is 4.98 Å². The number of aromatic amines is 1. The number of aromatic nitrogens is 2. The number of carbonyl (C=O) groups is 1. The summed E-state index contributed by atoms with van der Waals surface area (Å²) in [7, 11) is 0. The largest absolute Gasteiger partial charge is 0.369 e. The molecule has 0 saturated carbocycles. The van der Waals surface area contributed by atoms with E-state index in [1.807, 2.05) is 0 Å². The van der Waals surface area contributed by atoms with Gasteiger partial charge in [0.2, 0.25) is 5.91 Å². The maximum Gasteiger partial charge on any atom is 0.223 e. The average molecular weight is 223 g/mol. The lowest BCUT2D eigenvalue weighted by atomic mass is 10.1. The monoisotopic (exact) mass is 223 g/mol. The lowest BCUT2D eigenvalue weighted by Crippen LogP contribution is -2.13. The Hall–Kier alpha value is -1.32. The van der Waals surface area contributed by atoms with Crippen LogP contribution < -0.4 is 5.73 Å². The number of unbranched alkanes of at least 4 members (excludes halogenated alkanes) is 4. The maximum absolute atomic E-state index is 10.7. The Kier molecular flexibility index (Phi) is 5.61. The minimum Gasteiger partial charge on any atom is -0.369 e. The highest BCUT2D eigenvalue weighted by atomic mass is 16.1. The van der Waals surface area contributed by atoms with Crippen molar-refractivity contribution in [1.29, 1.82) is 0 Å². The zero-order valence-corrected chi connectivity index (χ0v) is 9.96. The molecular formula is C12H21N3O. The minimum atomic E-state index is -0.321. The van der Waals surface area contributed by atoms with Crippen LogP contribution in [0.4, 0.5) is 0 Å². The van der Waals surface area contributed by atoms with Gasteiger partial charge in [-0.15, -0.1) is 0 Å². The molecule has 4 heteroatoms. The Morgan fingerprint density at radius 3 is 2.81 bits per heavy atom. The fourth-order valence-corrected chi connectivity index (χ4v) is 1.71. The number of primary amides is 1. The van der Waals surface area contributed by atoms with Crippen LogP contribution in [0.25, 0.3) is 0 Å². The number of H-pyrrole nitrogens is 1. The molecule has 1 amide bonds. The van der Waals surface area contributed by atoms with Crippen LogP contribution in [-0.4, -0.2) is 15.9 Å². The molecule has 0 aliphatic heterocycles. The summed E-state index contributed by atoms with van der Waals surface area (Å²) in [6.45, 7) is 2.21. The summed E-state index contributed by atoms with van der Waals surface area (Å²) in [6, 6.07) is 0. The van der Waals surface area contributed by atoms with Crippen molar-refractivity contribution < 1.29 is 4.79 Å². The van der Waals surface area contributed by atoms with Crippen molar-refractivity contribution in [1.82, 2.24) is 9.97 Å². The number of nitrogens with zero attached hydrogens (tertiary/aromatic N) is 1. The van der Waals surface area contributed by atoms with E-state index in [1.165, 1.54) is 25.7 Å². The van der Waals surface area contributed by atoms with Crippen molar-refractivity contribution >= 4 is 5.91 Å². The molecule has 0 aliphatic carbocycles. The van der Waals surface area contributed by atoms with Crippen molar-refractivity contribution in [3.05, 3.63) is 17.7 Å². The number of hydrogen-bond acceptors (Lipinski definition) is 2. The molecule has 1 aromatic heterocycles. The standard InChI is InChI=1S/C12H21N3O/c1-2-3-4-5-6-7-12-14-9-10(15-12)8-11(13)16/h9H,2-8H2,1H3,(H2,13,16)(H,14,15). The van der Waals surface area contributed by atoms with Gasteiger partial charge in [0.25, 0.3) is 0 Å². The van der Waals surface area contributed by atoms with Gasteiger partial charge < -0.3 is 10.7 Å². The van der Waals surface area contributed by atoms with Crippen LogP contribution in [0.5, 0.6) is 0 Å². The molecule has 90 valence electrons. The molecule has 0 bridgehead atoms. The van der Waals surface area contributed by atoms with E-state index in [-0.39, 0.29) is 12.3 Å². The quantitative estimate of drug-likeness (QED) is 0.661. The summed E-state index contributed by atoms with van der Waals surface area (Å²) in [4.78, 5) is 18.0. The van der Waals surface area contributed by atoms with Gasteiger partial charge in [-0.05, 0) is 6.42 Å². The Morgan fingerprint density at radius 2 is 2.12 bits per heavy atom. The van der Waals surface area contributed by atoms with Gasteiger partial charge in [0, 0.05) is 18.3 Å². The predicted molar refractivity (Wildman–Crippen MR) is 63.9 cm³/mol. The Balaban J connectivity index is 2.21.